The molecule has 6 heteroatoms. The molecule has 0 heterocycles. The Morgan fingerprint density at radius 2 is 0.602 bits per heavy atom. The number of aliphatic hydroxyl groups excluding tert-OH is 2. The van der Waals surface area contributed by atoms with Gasteiger partial charge in [-0.1, -0.05) is 359 Å². The summed E-state index contributed by atoms with van der Waals surface area (Å²) in [6.07, 6.45) is 93.5. The first-order valence-corrected chi connectivity index (χ1v) is 37.7. The number of hydrogen-bond donors (Lipinski definition) is 3. The quantitative estimate of drug-likeness (QED) is 0.0320. The minimum Gasteiger partial charge on any atom is -0.466 e. The highest BCUT2D eigenvalue weighted by Crippen LogP contribution is 2.19. The minimum atomic E-state index is -0.666. The number of nitrogens with one attached hydrogen (secondary N) is 1. The van der Waals surface area contributed by atoms with Crippen LogP contribution in [0.25, 0.3) is 0 Å². The van der Waals surface area contributed by atoms with Crippen molar-refractivity contribution in [2.75, 3.05) is 13.2 Å². The first kappa shape index (κ1) is 81.1. The van der Waals surface area contributed by atoms with Gasteiger partial charge in [-0.3, -0.25) is 9.59 Å². The van der Waals surface area contributed by atoms with Crippen molar-refractivity contribution in [1.82, 2.24) is 5.32 Å². The highest BCUT2D eigenvalue weighted by Gasteiger charge is 2.20. The van der Waals surface area contributed by atoms with Crippen LogP contribution in [0, 0.1) is 0 Å². The second-order valence-electron chi connectivity index (χ2n) is 26.0. The Morgan fingerprint density at radius 1 is 0.337 bits per heavy atom. The average Bonchev–Trinajstić information content (AvgIpc) is 3.49. The van der Waals surface area contributed by atoms with Crippen molar-refractivity contribution in [2.24, 2.45) is 0 Å². The molecule has 0 aliphatic rings. The first-order chi connectivity index (χ1) is 41.0. The van der Waals surface area contributed by atoms with E-state index >= 15 is 0 Å². The zero-order valence-corrected chi connectivity index (χ0v) is 56.2. The summed E-state index contributed by atoms with van der Waals surface area (Å²) in [5, 5.41) is 23.4. The fourth-order valence-electron chi connectivity index (χ4n) is 11.9. The smallest absolute Gasteiger partial charge is 0.305 e. The van der Waals surface area contributed by atoms with Crippen molar-refractivity contribution in [3.05, 3.63) is 36.5 Å². The molecule has 0 spiro atoms. The van der Waals surface area contributed by atoms with Gasteiger partial charge in [-0.2, -0.15) is 0 Å². The first-order valence-electron chi connectivity index (χ1n) is 37.7. The highest BCUT2D eigenvalue weighted by atomic mass is 16.5. The molecule has 0 saturated heterocycles. The van der Waals surface area contributed by atoms with E-state index in [2.05, 4.69) is 55.6 Å². The molecule has 83 heavy (non-hydrogen) atoms. The number of esters is 1. The molecule has 0 radical (unpaired) electrons. The number of carbonyl (C=O) groups is 2. The van der Waals surface area contributed by atoms with Crippen LogP contribution in [0.3, 0.4) is 0 Å². The molecule has 0 aromatic heterocycles. The predicted octanol–water partition coefficient (Wildman–Crippen LogP) is 24.7. The van der Waals surface area contributed by atoms with E-state index in [4.69, 9.17) is 4.74 Å². The normalized spacial score (nSPS) is 12.7. The molecule has 0 aliphatic carbocycles. The molecular weight excluding hydrogens is 1020 g/mol. The SMILES string of the molecule is CCCCCCCC/C=C\CCCCCCCCCCCC(=O)OCCCCCCCCCCC/C=C\C/C=C\CCCCCCCCCCCCCCCC(=O)NC(CO)C(O)CCCCCCCCCCCCCCCCCCCC. The van der Waals surface area contributed by atoms with Gasteiger partial charge in [0.05, 0.1) is 25.4 Å². The van der Waals surface area contributed by atoms with Crippen LogP contribution in [0.15, 0.2) is 36.5 Å². The molecule has 0 saturated carbocycles. The van der Waals surface area contributed by atoms with Crippen LogP contribution in [0.4, 0.5) is 0 Å². The number of carbonyl (C=O) groups excluding carboxylic acids is 2. The lowest BCUT2D eigenvalue weighted by molar-refractivity contribution is -0.143. The topological polar surface area (TPSA) is 95.9 Å². The molecule has 6 nitrogen and oxygen atoms in total. The zero-order valence-electron chi connectivity index (χ0n) is 56.2. The standard InChI is InChI=1S/C77H147NO5/c1-3-5-7-9-11-13-15-17-19-21-34-39-43-47-51-55-59-63-67-71-77(82)83-72-68-64-60-56-52-48-44-40-36-33-31-29-27-25-23-24-26-28-30-32-35-38-42-46-50-54-58-62-66-70-76(81)78-74(73-79)75(80)69-65-61-57-53-49-45-41-37-22-20-18-16-14-12-10-8-6-4-2/h17,19,23,25,29,31,74-75,79-80H,3-16,18,20-22,24,26-28,30,32-73H2,1-2H3,(H,78,81)/b19-17-,25-23-,31-29-. The van der Waals surface area contributed by atoms with Gasteiger partial charge in [0, 0.05) is 12.8 Å². The molecule has 2 unspecified atom stereocenters. The second kappa shape index (κ2) is 72.6. The van der Waals surface area contributed by atoms with Gasteiger partial charge in [-0.25, -0.2) is 0 Å². The molecule has 0 bridgehead atoms. The molecule has 3 N–H and O–H groups in total. The lowest BCUT2D eigenvalue weighted by Crippen LogP contribution is -2.45. The van der Waals surface area contributed by atoms with E-state index in [0.717, 1.165) is 51.4 Å². The Labute approximate surface area is 519 Å². The van der Waals surface area contributed by atoms with E-state index in [1.165, 1.54) is 334 Å². The van der Waals surface area contributed by atoms with Gasteiger partial charge in [0.1, 0.15) is 0 Å². The maximum atomic E-state index is 12.5. The van der Waals surface area contributed by atoms with Crippen molar-refractivity contribution >= 4 is 11.9 Å². The monoisotopic (exact) mass is 1170 g/mol. The van der Waals surface area contributed by atoms with E-state index in [0.29, 0.717) is 25.9 Å². The average molecular weight is 1170 g/mol. The number of ether oxygens (including phenoxy) is 1. The second-order valence-corrected chi connectivity index (χ2v) is 26.0. The zero-order chi connectivity index (χ0) is 59.9. The van der Waals surface area contributed by atoms with Gasteiger partial charge in [-0.15, -0.1) is 0 Å². The van der Waals surface area contributed by atoms with Crippen molar-refractivity contribution in [3.8, 4) is 0 Å². The van der Waals surface area contributed by atoms with E-state index in [1.807, 2.05) is 0 Å². The highest BCUT2D eigenvalue weighted by molar-refractivity contribution is 5.76. The molecule has 2 atom stereocenters. The molecule has 0 aromatic carbocycles. The fraction of sp³-hybridized carbons (Fsp3) is 0.896. The minimum absolute atomic E-state index is 0.0123. The number of hydrogen-bond acceptors (Lipinski definition) is 5. The molecule has 490 valence electrons. The van der Waals surface area contributed by atoms with E-state index < -0.39 is 12.1 Å². The van der Waals surface area contributed by atoms with Crippen molar-refractivity contribution in [1.29, 1.82) is 0 Å². The molecule has 0 rings (SSSR count). The van der Waals surface area contributed by atoms with Gasteiger partial charge in [0.2, 0.25) is 5.91 Å². The summed E-state index contributed by atoms with van der Waals surface area (Å²) in [7, 11) is 0. The van der Waals surface area contributed by atoms with Crippen LogP contribution >= 0.6 is 0 Å². The Balaban J connectivity index is 3.39. The number of unbranched alkanes of at least 4 members (excludes halogenated alkanes) is 54. The van der Waals surface area contributed by atoms with Crippen molar-refractivity contribution in [3.63, 3.8) is 0 Å². The largest absolute Gasteiger partial charge is 0.466 e. The van der Waals surface area contributed by atoms with Crippen LogP contribution in [0.2, 0.25) is 0 Å². The summed E-state index contributed by atoms with van der Waals surface area (Å²) in [4.78, 5) is 24.7. The Kier molecular flexibility index (Phi) is 70.9. The Morgan fingerprint density at radius 3 is 0.928 bits per heavy atom. The van der Waals surface area contributed by atoms with E-state index in [1.54, 1.807) is 0 Å². The van der Waals surface area contributed by atoms with Gasteiger partial charge < -0.3 is 20.3 Å². The predicted molar refractivity (Wildman–Crippen MR) is 366 cm³/mol. The van der Waals surface area contributed by atoms with Crippen LogP contribution in [0.5, 0.6) is 0 Å². The van der Waals surface area contributed by atoms with E-state index in [-0.39, 0.29) is 18.5 Å². The van der Waals surface area contributed by atoms with Gasteiger partial charge in [0.25, 0.3) is 0 Å². The third kappa shape index (κ3) is 69.1. The molecular formula is C77H147NO5. The van der Waals surface area contributed by atoms with Crippen LogP contribution in [-0.2, 0) is 14.3 Å². The maximum absolute atomic E-state index is 12.5. The third-order valence-corrected chi connectivity index (χ3v) is 17.7. The van der Waals surface area contributed by atoms with Gasteiger partial charge in [-0.05, 0) is 83.5 Å². The van der Waals surface area contributed by atoms with Crippen LogP contribution in [-0.4, -0.2) is 47.4 Å². The third-order valence-electron chi connectivity index (χ3n) is 17.7. The number of aliphatic hydroxyl groups is 2. The summed E-state index contributed by atoms with van der Waals surface area (Å²) in [5.41, 5.74) is 0. The summed E-state index contributed by atoms with van der Waals surface area (Å²) in [6.45, 7) is 4.98. The molecule has 0 aliphatic heterocycles. The van der Waals surface area contributed by atoms with Crippen LogP contribution in [0.1, 0.15) is 418 Å². The van der Waals surface area contributed by atoms with Crippen molar-refractivity contribution in [2.45, 2.75) is 431 Å². The van der Waals surface area contributed by atoms with E-state index in [9.17, 15) is 19.8 Å². The van der Waals surface area contributed by atoms with Crippen LogP contribution < -0.4 is 5.32 Å². The lowest BCUT2D eigenvalue weighted by Gasteiger charge is -2.22. The lowest BCUT2D eigenvalue weighted by atomic mass is 10.0. The maximum Gasteiger partial charge on any atom is 0.305 e. The summed E-state index contributed by atoms with van der Waals surface area (Å²) < 4.78 is 5.51. The molecule has 0 aromatic rings. The molecule has 0 fully saturated rings. The number of allylic oxidation sites excluding steroid dienone is 6. The fourth-order valence-corrected chi connectivity index (χ4v) is 11.9. The van der Waals surface area contributed by atoms with Gasteiger partial charge in [0.15, 0.2) is 0 Å². The van der Waals surface area contributed by atoms with Crippen molar-refractivity contribution < 1.29 is 24.5 Å². The summed E-state index contributed by atoms with van der Waals surface area (Å²) >= 11 is 0. The summed E-state index contributed by atoms with van der Waals surface area (Å²) in [6, 6.07) is -0.543. The number of amides is 1. The number of rotatable bonds is 71. The Bertz CT molecular complexity index is 1340. The molecule has 1 amide bonds. The van der Waals surface area contributed by atoms with Gasteiger partial charge >= 0.3 is 5.97 Å². The summed E-state index contributed by atoms with van der Waals surface area (Å²) in [5.74, 6) is -0.0200. The Hall–Kier alpha value is -1.92.